The van der Waals surface area contributed by atoms with Gasteiger partial charge in [0.05, 0.1) is 11.4 Å². The van der Waals surface area contributed by atoms with Gasteiger partial charge in [-0.25, -0.2) is 9.36 Å². The Bertz CT molecular complexity index is 1080. The maximum absolute atomic E-state index is 12.1. The molecule has 0 unspecified atom stereocenters. The number of aliphatic imine (C=N–C) groups is 1. The number of aromatic amines is 1. The molecule has 0 spiro atoms. The normalized spacial score (nSPS) is 11.1. The second-order valence-corrected chi connectivity index (χ2v) is 5.45. The van der Waals surface area contributed by atoms with E-state index >= 15 is 0 Å². The summed E-state index contributed by atoms with van der Waals surface area (Å²) in [6, 6.07) is 13.0. The van der Waals surface area contributed by atoms with Gasteiger partial charge in [0.1, 0.15) is 11.3 Å². The molecule has 0 saturated carbocycles. The number of H-pyrrole nitrogens is 1. The van der Waals surface area contributed by atoms with Crippen LogP contribution in [-0.2, 0) is 0 Å². The van der Waals surface area contributed by atoms with Crippen LogP contribution in [0.3, 0.4) is 0 Å². The van der Waals surface area contributed by atoms with Crippen molar-refractivity contribution in [2.45, 2.75) is 6.92 Å². The van der Waals surface area contributed by atoms with Gasteiger partial charge in [-0.1, -0.05) is 18.2 Å². The van der Waals surface area contributed by atoms with Gasteiger partial charge in [-0.3, -0.25) is 14.8 Å². The molecular formula is C18H15N3O4. The van der Waals surface area contributed by atoms with Crippen molar-refractivity contribution >= 4 is 11.9 Å². The molecule has 1 heterocycles. The fourth-order valence-electron chi connectivity index (χ4n) is 2.37. The van der Waals surface area contributed by atoms with E-state index in [0.29, 0.717) is 11.4 Å². The second kappa shape index (κ2) is 6.48. The molecule has 2 aromatic carbocycles. The summed E-state index contributed by atoms with van der Waals surface area (Å²) in [6.45, 7) is 1.85. The van der Waals surface area contributed by atoms with Crippen molar-refractivity contribution in [2.24, 2.45) is 4.99 Å². The van der Waals surface area contributed by atoms with E-state index in [0.717, 1.165) is 16.3 Å². The Labute approximate surface area is 142 Å². The quantitative estimate of drug-likeness (QED) is 0.635. The van der Waals surface area contributed by atoms with Crippen molar-refractivity contribution in [3.63, 3.8) is 0 Å². The van der Waals surface area contributed by atoms with E-state index in [1.54, 1.807) is 30.3 Å². The van der Waals surface area contributed by atoms with Crippen LogP contribution in [0.5, 0.6) is 11.6 Å². The molecule has 0 aliphatic rings. The van der Waals surface area contributed by atoms with Crippen LogP contribution in [0.15, 0.2) is 63.1 Å². The average Bonchev–Trinajstić information content (AvgIpc) is 2.54. The molecule has 3 aromatic rings. The van der Waals surface area contributed by atoms with Gasteiger partial charge in [-0.2, -0.15) is 0 Å². The van der Waals surface area contributed by atoms with Crippen molar-refractivity contribution in [2.75, 3.05) is 0 Å². The molecule has 0 aliphatic carbocycles. The first kappa shape index (κ1) is 16.3. The Morgan fingerprint density at radius 1 is 1.08 bits per heavy atom. The Morgan fingerprint density at radius 2 is 1.84 bits per heavy atom. The molecule has 0 radical (unpaired) electrons. The monoisotopic (exact) mass is 337 g/mol. The van der Waals surface area contributed by atoms with E-state index in [4.69, 9.17) is 0 Å². The maximum atomic E-state index is 12.1. The number of aromatic hydroxyl groups is 2. The standard InChI is InChI=1S/C18H15N3O4/c1-11-4-2-6-13(8-11)21-17(24)15(16(23)20-18(21)25)10-19-12-5-3-7-14(22)9-12/h2-10,22,24H,1H3,(H,20,23,25). The van der Waals surface area contributed by atoms with E-state index < -0.39 is 17.1 Å². The first-order valence-corrected chi connectivity index (χ1v) is 7.44. The van der Waals surface area contributed by atoms with Crippen molar-refractivity contribution in [1.29, 1.82) is 0 Å². The van der Waals surface area contributed by atoms with E-state index in [-0.39, 0.29) is 11.3 Å². The lowest BCUT2D eigenvalue weighted by molar-refractivity contribution is 0.430. The molecule has 25 heavy (non-hydrogen) atoms. The number of phenols is 1. The molecule has 126 valence electrons. The molecule has 0 bridgehead atoms. The first-order chi connectivity index (χ1) is 12.0. The fourth-order valence-corrected chi connectivity index (χ4v) is 2.37. The topological polar surface area (TPSA) is 108 Å². The Balaban J connectivity index is 2.14. The Hall–Kier alpha value is -3.61. The highest BCUT2D eigenvalue weighted by atomic mass is 16.3. The molecule has 3 N–H and O–H groups in total. The zero-order valence-electron chi connectivity index (χ0n) is 13.3. The first-order valence-electron chi connectivity index (χ1n) is 7.44. The smallest absolute Gasteiger partial charge is 0.335 e. The van der Waals surface area contributed by atoms with E-state index in [2.05, 4.69) is 9.98 Å². The molecule has 0 aliphatic heterocycles. The zero-order valence-corrected chi connectivity index (χ0v) is 13.3. The summed E-state index contributed by atoms with van der Waals surface area (Å²) >= 11 is 0. The fraction of sp³-hybridized carbons (Fsp3) is 0.0556. The third-order valence-corrected chi connectivity index (χ3v) is 3.55. The Kier molecular flexibility index (Phi) is 4.21. The lowest BCUT2D eigenvalue weighted by atomic mass is 10.2. The number of hydrogen-bond acceptors (Lipinski definition) is 5. The molecule has 0 amide bonds. The van der Waals surface area contributed by atoms with E-state index in [1.165, 1.54) is 12.1 Å². The molecule has 0 atom stereocenters. The van der Waals surface area contributed by atoms with Crippen molar-refractivity contribution in [1.82, 2.24) is 9.55 Å². The highest BCUT2D eigenvalue weighted by Crippen LogP contribution is 2.20. The number of nitrogens with one attached hydrogen (secondary N) is 1. The van der Waals surface area contributed by atoms with Gasteiger partial charge in [0.25, 0.3) is 5.56 Å². The summed E-state index contributed by atoms with van der Waals surface area (Å²) in [5.74, 6) is -0.485. The average molecular weight is 337 g/mol. The molecular weight excluding hydrogens is 322 g/mol. The van der Waals surface area contributed by atoms with Gasteiger partial charge in [-0.05, 0) is 36.8 Å². The number of hydrogen-bond donors (Lipinski definition) is 3. The minimum atomic E-state index is -0.754. The molecule has 3 rings (SSSR count). The molecule has 0 saturated heterocycles. The number of rotatable bonds is 3. The van der Waals surface area contributed by atoms with Gasteiger partial charge in [0.2, 0.25) is 5.88 Å². The van der Waals surface area contributed by atoms with Crippen LogP contribution in [0.25, 0.3) is 5.69 Å². The lowest BCUT2D eigenvalue weighted by Crippen LogP contribution is -2.31. The number of benzene rings is 2. The number of aryl methyl sites for hydroxylation is 1. The summed E-state index contributed by atoms with van der Waals surface area (Å²) in [4.78, 5) is 30.4. The third kappa shape index (κ3) is 3.35. The lowest BCUT2D eigenvalue weighted by Gasteiger charge is -2.10. The van der Waals surface area contributed by atoms with Crippen LogP contribution in [0.2, 0.25) is 0 Å². The summed E-state index contributed by atoms with van der Waals surface area (Å²) in [7, 11) is 0. The van der Waals surface area contributed by atoms with Crippen molar-refractivity contribution in [3.8, 4) is 17.3 Å². The SMILES string of the molecule is Cc1cccc(-n2c(O)c(C=Nc3cccc(O)c3)c(=O)[nH]c2=O)c1. The summed E-state index contributed by atoms with van der Waals surface area (Å²) < 4.78 is 0.998. The number of aromatic nitrogens is 2. The zero-order chi connectivity index (χ0) is 18.0. The van der Waals surface area contributed by atoms with Gasteiger partial charge < -0.3 is 10.2 Å². The van der Waals surface area contributed by atoms with Gasteiger partial charge in [0.15, 0.2) is 0 Å². The predicted octanol–water partition coefficient (Wildman–Crippen LogP) is 2.00. The van der Waals surface area contributed by atoms with Crippen LogP contribution in [0.4, 0.5) is 5.69 Å². The highest BCUT2D eigenvalue weighted by molar-refractivity contribution is 5.84. The van der Waals surface area contributed by atoms with Gasteiger partial charge in [0, 0.05) is 12.3 Å². The second-order valence-electron chi connectivity index (χ2n) is 5.45. The number of nitrogens with zero attached hydrogens (tertiary/aromatic N) is 2. The summed E-state index contributed by atoms with van der Waals surface area (Å²) in [5, 5.41) is 19.9. The van der Waals surface area contributed by atoms with E-state index in [9.17, 15) is 19.8 Å². The van der Waals surface area contributed by atoms with Crippen LogP contribution < -0.4 is 11.2 Å². The summed E-state index contributed by atoms with van der Waals surface area (Å²) in [6.07, 6.45) is 1.15. The molecule has 1 aromatic heterocycles. The van der Waals surface area contributed by atoms with E-state index in [1.807, 2.05) is 13.0 Å². The highest BCUT2D eigenvalue weighted by Gasteiger charge is 2.14. The summed E-state index contributed by atoms with van der Waals surface area (Å²) in [5.41, 5.74) is 0.0465. The van der Waals surface area contributed by atoms with Crippen molar-refractivity contribution < 1.29 is 10.2 Å². The molecule has 0 fully saturated rings. The largest absolute Gasteiger partial charge is 0.508 e. The molecule has 7 nitrogen and oxygen atoms in total. The molecule has 7 heteroatoms. The van der Waals surface area contributed by atoms with Crippen LogP contribution in [0, 0.1) is 6.92 Å². The van der Waals surface area contributed by atoms with Gasteiger partial charge >= 0.3 is 5.69 Å². The minimum Gasteiger partial charge on any atom is -0.508 e. The van der Waals surface area contributed by atoms with Gasteiger partial charge in [-0.15, -0.1) is 0 Å². The van der Waals surface area contributed by atoms with Crippen LogP contribution in [0.1, 0.15) is 11.1 Å². The predicted molar refractivity (Wildman–Crippen MR) is 94.4 cm³/mol. The number of phenolic OH excluding ortho intramolecular Hbond substituents is 1. The maximum Gasteiger partial charge on any atom is 0.335 e. The minimum absolute atomic E-state index is 0.0255. The van der Waals surface area contributed by atoms with Crippen LogP contribution >= 0.6 is 0 Å². The van der Waals surface area contributed by atoms with Crippen LogP contribution in [-0.4, -0.2) is 26.0 Å². The third-order valence-electron chi connectivity index (χ3n) is 3.55. The Morgan fingerprint density at radius 3 is 2.56 bits per heavy atom. The van der Waals surface area contributed by atoms with Crippen molar-refractivity contribution in [3.05, 3.63) is 80.5 Å².